The maximum absolute atomic E-state index is 13.5. The minimum Gasteiger partial charge on any atom is -0.463 e. The van der Waals surface area contributed by atoms with Crippen molar-refractivity contribution in [1.29, 1.82) is 0 Å². The van der Waals surface area contributed by atoms with E-state index in [-0.39, 0.29) is 67.0 Å². The van der Waals surface area contributed by atoms with Crippen LogP contribution in [0.3, 0.4) is 0 Å². The molecule has 2 atom stereocenters. The average molecular weight is 823 g/mol. The number of nitrogens with zero attached hydrogens (tertiary/aromatic N) is 1. The van der Waals surface area contributed by atoms with Gasteiger partial charge in [-0.3, -0.25) is 19.2 Å². The number of carbonyl (C=O) groups is 4. The van der Waals surface area contributed by atoms with E-state index < -0.39 is 6.10 Å². The Kier molecular flexibility index (Phi) is 31.1. The van der Waals surface area contributed by atoms with Gasteiger partial charge in [0.15, 0.2) is 0 Å². The van der Waals surface area contributed by atoms with Gasteiger partial charge in [0.05, 0.1) is 30.4 Å². The molecule has 0 unspecified atom stereocenters. The van der Waals surface area contributed by atoms with Gasteiger partial charge in [-0.1, -0.05) is 142 Å². The lowest BCUT2D eigenvalue weighted by atomic mass is 10.0. The fraction of sp³-hybridized carbons (Fsp3) is 0.917. The summed E-state index contributed by atoms with van der Waals surface area (Å²) >= 11 is 0. The molecule has 0 aromatic rings. The van der Waals surface area contributed by atoms with Gasteiger partial charge in [0.2, 0.25) is 11.8 Å². The molecule has 0 bridgehead atoms. The van der Waals surface area contributed by atoms with Gasteiger partial charge in [-0.25, -0.2) is 0 Å². The van der Waals surface area contributed by atoms with Crippen molar-refractivity contribution in [3.63, 3.8) is 0 Å². The highest BCUT2D eigenvalue weighted by molar-refractivity contribution is 5.84. The van der Waals surface area contributed by atoms with E-state index in [1.165, 1.54) is 103 Å². The Morgan fingerprint density at radius 1 is 0.603 bits per heavy atom. The van der Waals surface area contributed by atoms with Gasteiger partial charge in [-0.15, -0.1) is 0 Å². The standard InChI is InChI=1S/C48H90N2O8/c1-8-10-12-14-16-18-20-22-24-26-28-31-45(53)56-39-41-37-42(58-46(54)32-29-27-25-23-21-19-17-15-13-11-9-2)38-50(41)44(52)34-33-43(51)49-36-30-35-47(3,4)57-40-48(5,6)55-7/h41-42H,8-40H2,1-7H3,(H,49,51)/t41-,42+/m0/s1. The number of ether oxygens (including phenoxy) is 4. The van der Waals surface area contributed by atoms with Gasteiger partial charge in [0.1, 0.15) is 12.7 Å². The Morgan fingerprint density at radius 2 is 1.09 bits per heavy atom. The number of amides is 2. The van der Waals surface area contributed by atoms with Gasteiger partial charge >= 0.3 is 11.9 Å². The Bertz CT molecular complexity index is 1080. The second-order valence-corrected chi connectivity index (χ2v) is 18.3. The van der Waals surface area contributed by atoms with Crippen molar-refractivity contribution < 1.29 is 38.1 Å². The molecule has 0 aromatic heterocycles. The lowest BCUT2D eigenvalue weighted by Gasteiger charge is -2.31. The number of unbranched alkanes of at least 4 members (excludes halogenated alkanes) is 20. The number of hydrogen-bond donors (Lipinski definition) is 1. The van der Waals surface area contributed by atoms with Crippen LogP contribution in [0.15, 0.2) is 0 Å². The van der Waals surface area contributed by atoms with Crippen LogP contribution in [0.4, 0.5) is 0 Å². The maximum atomic E-state index is 13.5. The van der Waals surface area contributed by atoms with Gasteiger partial charge in [0.25, 0.3) is 0 Å². The first-order valence-corrected chi connectivity index (χ1v) is 23.9. The lowest BCUT2D eigenvalue weighted by Crippen LogP contribution is -2.39. The van der Waals surface area contributed by atoms with Crippen LogP contribution in [-0.4, -0.2) is 85.4 Å². The molecule has 0 aliphatic carbocycles. The molecule has 0 spiro atoms. The molecule has 58 heavy (non-hydrogen) atoms. The Balaban J connectivity index is 2.52. The van der Waals surface area contributed by atoms with Crippen LogP contribution in [0, 0.1) is 0 Å². The van der Waals surface area contributed by atoms with Gasteiger partial charge in [-0.05, 0) is 53.4 Å². The number of nitrogens with one attached hydrogen (secondary N) is 1. The molecule has 340 valence electrons. The molecule has 1 fully saturated rings. The smallest absolute Gasteiger partial charge is 0.306 e. The summed E-state index contributed by atoms with van der Waals surface area (Å²) < 4.78 is 23.1. The topological polar surface area (TPSA) is 120 Å². The fourth-order valence-corrected chi connectivity index (χ4v) is 7.49. The van der Waals surface area contributed by atoms with Crippen molar-refractivity contribution in [3.05, 3.63) is 0 Å². The summed E-state index contributed by atoms with van der Waals surface area (Å²) in [5, 5.41) is 2.94. The number of hydrogen-bond acceptors (Lipinski definition) is 8. The Labute approximate surface area is 355 Å². The van der Waals surface area contributed by atoms with Crippen molar-refractivity contribution in [1.82, 2.24) is 10.2 Å². The molecular weight excluding hydrogens is 733 g/mol. The van der Waals surface area contributed by atoms with E-state index in [9.17, 15) is 19.2 Å². The minimum absolute atomic E-state index is 0.0368. The lowest BCUT2D eigenvalue weighted by molar-refractivity contribution is -0.149. The molecule has 10 heteroatoms. The largest absolute Gasteiger partial charge is 0.463 e. The third-order valence-corrected chi connectivity index (χ3v) is 11.6. The molecule has 2 amide bonds. The zero-order chi connectivity index (χ0) is 42.9. The summed E-state index contributed by atoms with van der Waals surface area (Å²) in [5.74, 6) is -0.870. The van der Waals surface area contributed by atoms with Crippen LogP contribution < -0.4 is 5.32 Å². The zero-order valence-corrected chi connectivity index (χ0v) is 38.7. The monoisotopic (exact) mass is 823 g/mol. The predicted octanol–water partition coefficient (Wildman–Crippen LogP) is 11.3. The second-order valence-electron chi connectivity index (χ2n) is 18.3. The molecular formula is C48H90N2O8. The first-order chi connectivity index (χ1) is 27.8. The van der Waals surface area contributed by atoms with E-state index in [2.05, 4.69) is 19.2 Å². The minimum atomic E-state index is -0.451. The average Bonchev–Trinajstić information content (AvgIpc) is 3.60. The van der Waals surface area contributed by atoms with E-state index in [0.29, 0.717) is 32.4 Å². The Hall–Kier alpha value is -2.20. The first kappa shape index (κ1) is 53.8. The van der Waals surface area contributed by atoms with Crippen LogP contribution in [0.5, 0.6) is 0 Å². The molecule has 0 radical (unpaired) electrons. The molecule has 1 heterocycles. The number of likely N-dealkylation sites (tertiary alicyclic amines) is 1. The van der Waals surface area contributed by atoms with Crippen molar-refractivity contribution in [3.8, 4) is 0 Å². The zero-order valence-electron chi connectivity index (χ0n) is 38.7. The van der Waals surface area contributed by atoms with E-state index in [1.807, 2.05) is 27.7 Å². The normalized spacial score (nSPS) is 15.8. The molecule has 1 N–H and O–H groups in total. The highest BCUT2D eigenvalue weighted by Gasteiger charge is 2.38. The van der Waals surface area contributed by atoms with E-state index in [4.69, 9.17) is 18.9 Å². The van der Waals surface area contributed by atoms with Crippen LogP contribution in [0.2, 0.25) is 0 Å². The maximum Gasteiger partial charge on any atom is 0.306 e. The van der Waals surface area contributed by atoms with Crippen molar-refractivity contribution >= 4 is 23.8 Å². The van der Waals surface area contributed by atoms with Gasteiger partial charge in [0, 0.05) is 45.8 Å². The quantitative estimate of drug-likeness (QED) is 0.0483. The van der Waals surface area contributed by atoms with Crippen LogP contribution >= 0.6 is 0 Å². The number of rotatable bonds is 38. The van der Waals surface area contributed by atoms with E-state index in [1.54, 1.807) is 12.0 Å². The summed E-state index contributed by atoms with van der Waals surface area (Å²) in [6.45, 7) is 13.8. The summed E-state index contributed by atoms with van der Waals surface area (Å²) in [6.07, 6.45) is 29.0. The summed E-state index contributed by atoms with van der Waals surface area (Å²) in [4.78, 5) is 53.4. The summed E-state index contributed by atoms with van der Waals surface area (Å²) in [5.41, 5.74) is -0.724. The van der Waals surface area contributed by atoms with Crippen LogP contribution in [0.1, 0.15) is 228 Å². The summed E-state index contributed by atoms with van der Waals surface area (Å²) in [7, 11) is 1.67. The number of esters is 2. The molecule has 1 saturated heterocycles. The van der Waals surface area contributed by atoms with Crippen molar-refractivity contribution in [2.45, 2.75) is 251 Å². The highest BCUT2D eigenvalue weighted by Crippen LogP contribution is 2.24. The van der Waals surface area contributed by atoms with E-state index >= 15 is 0 Å². The summed E-state index contributed by atoms with van der Waals surface area (Å²) in [6, 6.07) is -0.387. The number of carbonyl (C=O) groups excluding carboxylic acids is 4. The number of methoxy groups -OCH3 is 1. The highest BCUT2D eigenvalue weighted by atomic mass is 16.6. The third-order valence-electron chi connectivity index (χ3n) is 11.6. The van der Waals surface area contributed by atoms with Crippen LogP contribution in [-0.2, 0) is 38.1 Å². The predicted molar refractivity (Wildman–Crippen MR) is 236 cm³/mol. The Morgan fingerprint density at radius 3 is 1.59 bits per heavy atom. The molecule has 0 aromatic carbocycles. The first-order valence-electron chi connectivity index (χ1n) is 23.9. The molecule has 10 nitrogen and oxygen atoms in total. The van der Waals surface area contributed by atoms with E-state index in [0.717, 1.165) is 51.4 Å². The molecule has 1 rings (SSSR count). The van der Waals surface area contributed by atoms with Crippen molar-refractivity contribution in [2.24, 2.45) is 0 Å². The molecule has 1 aliphatic heterocycles. The van der Waals surface area contributed by atoms with Gasteiger partial charge < -0.3 is 29.2 Å². The van der Waals surface area contributed by atoms with Crippen molar-refractivity contribution in [2.75, 3.05) is 33.4 Å². The SMILES string of the molecule is CCCCCCCCCCCCCC(=O)OC[C@@H]1C[C@@H](OC(=O)CCCCCCCCCCCCC)CN1C(=O)CCC(=O)NCCCC(C)(C)OCC(C)(C)OC. The second kappa shape index (κ2) is 33.5. The third kappa shape index (κ3) is 29.1. The fourth-order valence-electron chi connectivity index (χ4n) is 7.49. The van der Waals surface area contributed by atoms with Gasteiger partial charge in [-0.2, -0.15) is 0 Å². The molecule has 0 saturated carbocycles. The molecule has 1 aliphatic rings. The van der Waals surface area contributed by atoms with Crippen LogP contribution in [0.25, 0.3) is 0 Å².